The van der Waals surface area contributed by atoms with Crippen LogP contribution in [0.5, 0.6) is 11.5 Å². The van der Waals surface area contributed by atoms with Gasteiger partial charge < -0.3 is 14.8 Å². The zero-order valence-corrected chi connectivity index (χ0v) is 16.0. The molecule has 0 saturated carbocycles. The van der Waals surface area contributed by atoms with Crippen molar-refractivity contribution in [1.29, 1.82) is 0 Å². The number of benzene rings is 2. The molecule has 1 N–H and O–H groups in total. The minimum absolute atomic E-state index is 0.304. The lowest BCUT2D eigenvalue weighted by Gasteiger charge is -2.20. The lowest BCUT2D eigenvalue weighted by atomic mass is 10.2. The van der Waals surface area contributed by atoms with Crippen LogP contribution in [0.1, 0.15) is 9.67 Å². The van der Waals surface area contributed by atoms with E-state index in [1.807, 2.05) is 12.3 Å². The minimum Gasteiger partial charge on any atom is -0.486 e. The van der Waals surface area contributed by atoms with Crippen molar-refractivity contribution < 1.29 is 18.7 Å². The average molecular weight is 402 g/mol. The van der Waals surface area contributed by atoms with Crippen molar-refractivity contribution in [3.8, 4) is 22.1 Å². The molecule has 5 nitrogen and oxygen atoms in total. The van der Waals surface area contributed by atoms with Crippen LogP contribution in [0.4, 0.5) is 10.1 Å². The van der Waals surface area contributed by atoms with E-state index < -0.39 is 0 Å². The zero-order valence-electron chi connectivity index (χ0n) is 14.3. The average Bonchev–Trinajstić information content (AvgIpc) is 3.18. The summed E-state index contributed by atoms with van der Waals surface area (Å²) in [6.45, 7) is 0.978. The van der Waals surface area contributed by atoms with E-state index in [2.05, 4.69) is 10.3 Å². The summed E-state index contributed by atoms with van der Waals surface area (Å²) in [4.78, 5) is 18.1. The van der Waals surface area contributed by atoms with Crippen molar-refractivity contribution in [2.75, 3.05) is 24.8 Å². The minimum atomic E-state index is -0.365. The number of ether oxygens (including phenoxy) is 2. The van der Waals surface area contributed by atoms with Gasteiger partial charge in [0, 0.05) is 16.5 Å². The number of nitrogens with one attached hydrogen (secondary N) is 1. The number of hydrogen-bond donors (Lipinski definition) is 1. The fourth-order valence-electron chi connectivity index (χ4n) is 2.66. The number of anilines is 1. The maximum absolute atomic E-state index is 13.9. The molecule has 0 atom stereocenters. The van der Waals surface area contributed by atoms with Crippen molar-refractivity contribution >= 4 is 34.7 Å². The van der Waals surface area contributed by atoms with E-state index in [1.165, 1.54) is 24.0 Å². The second-order valence-electron chi connectivity index (χ2n) is 5.66. The molecule has 0 fully saturated rings. The standard InChI is InChI=1S/C19H15FN2O3S2/c1-26-16-9-15-14(24-6-7-25-15)8-13(16)22-18(23)17-10-21-19(27-17)11-4-2-3-5-12(11)20/h2-5,8-10H,6-7H2,1H3,(H,22,23). The second-order valence-corrected chi connectivity index (χ2v) is 7.54. The third-order valence-corrected chi connectivity index (χ3v) is 5.75. The van der Waals surface area contributed by atoms with Gasteiger partial charge in [-0.3, -0.25) is 4.79 Å². The quantitative estimate of drug-likeness (QED) is 0.642. The molecule has 0 unspecified atom stereocenters. The lowest BCUT2D eigenvalue weighted by Crippen LogP contribution is -2.16. The number of thioether (sulfide) groups is 1. The smallest absolute Gasteiger partial charge is 0.267 e. The number of halogens is 1. The molecular formula is C19H15FN2O3S2. The summed E-state index contributed by atoms with van der Waals surface area (Å²) in [5.74, 6) is 0.603. The maximum Gasteiger partial charge on any atom is 0.267 e. The van der Waals surface area contributed by atoms with Crippen molar-refractivity contribution in [3.05, 3.63) is 53.3 Å². The summed E-state index contributed by atoms with van der Waals surface area (Å²) in [5, 5.41) is 3.35. The van der Waals surface area contributed by atoms with E-state index in [4.69, 9.17) is 9.47 Å². The molecular weight excluding hydrogens is 387 g/mol. The first kappa shape index (κ1) is 17.8. The summed E-state index contributed by atoms with van der Waals surface area (Å²) < 4.78 is 25.1. The Bertz CT molecular complexity index is 1010. The Morgan fingerprint density at radius 2 is 1.96 bits per heavy atom. The summed E-state index contributed by atoms with van der Waals surface area (Å²) in [6.07, 6.45) is 3.38. The SMILES string of the molecule is CSc1cc2c(cc1NC(=O)c1cnc(-c3ccccc3F)s1)OCCO2. The van der Waals surface area contributed by atoms with Crippen LogP contribution in [0.25, 0.3) is 10.6 Å². The third kappa shape index (κ3) is 3.63. The highest BCUT2D eigenvalue weighted by Crippen LogP contribution is 2.39. The van der Waals surface area contributed by atoms with Crippen molar-refractivity contribution in [1.82, 2.24) is 4.98 Å². The predicted octanol–water partition coefficient (Wildman–Crippen LogP) is 4.69. The second kappa shape index (κ2) is 7.58. The first-order chi connectivity index (χ1) is 13.2. The van der Waals surface area contributed by atoms with Crippen LogP contribution in [-0.2, 0) is 0 Å². The molecule has 0 radical (unpaired) electrons. The molecule has 1 aliphatic heterocycles. The summed E-state index contributed by atoms with van der Waals surface area (Å²) in [5.41, 5.74) is 1.02. The Kier molecular flexibility index (Phi) is 5.00. The van der Waals surface area contributed by atoms with Gasteiger partial charge in [-0.05, 0) is 24.5 Å². The third-order valence-electron chi connectivity index (χ3n) is 3.95. The Morgan fingerprint density at radius 1 is 1.22 bits per heavy atom. The van der Waals surface area contributed by atoms with Gasteiger partial charge >= 0.3 is 0 Å². The van der Waals surface area contributed by atoms with Gasteiger partial charge in [0.1, 0.15) is 28.9 Å². The Balaban J connectivity index is 1.59. The van der Waals surface area contributed by atoms with Gasteiger partial charge in [0.15, 0.2) is 11.5 Å². The number of aromatic nitrogens is 1. The Morgan fingerprint density at radius 3 is 2.70 bits per heavy atom. The summed E-state index contributed by atoms with van der Waals surface area (Å²) in [7, 11) is 0. The first-order valence-electron chi connectivity index (χ1n) is 8.15. The highest BCUT2D eigenvalue weighted by molar-refractivity contribution is 7.98. The van der Waals surface area contributed by atoms with Crippen molar-refractivity contribution in [3.63, 3.8) is 0 Å². The van der Waals surface area contributed by atoms with Crippen LogP contribution in [0.15, 0.2) is 47.5 Å². The topological polar surface area (TPSA) is 60.5 Å². The molecule has 27 heavy (non-hydrogen) atoms. The van der Waals surface area contributed by atoms with Crippen molar-refractivity contribution in [2.24, 2.45) is 0 Å². The fraction of sp³-hybridized carbons (Fsp3) is 0.158. The lowest BCUT2D eigenvalue weighted by molar-refractivity contribution is 0.103. The van der Waals surface area contributed by atoms with E-state index in [9.17, 15) is 9.18 Å². The molecule has 0 bridgehead atoms. The van der Waals surface area contributed by atoms with Gasteiger partial charge in [-0.2, -0.15) is 0 Å². The molecule has 0 aliphatic carbocycles. The molecule has 138 valence electrons. The van der Waals surface area contributed by atoms with Gasteiger partial charge in [-0.25, -0.2) is 9.37 Å². The van der Waals surface area contributed by atoms with Gasteiger partial charge in [-0.1, -0.05) is 12.1 Å². The first-order valence-corrected chi connectivity index (χ1v) is 10.2. The molecule has 3 aromatic rings. The molecule has 4 rings (SSSR count). The summed E-state index contributed by atoms with van der Waals surface area (Å²) >= 11 is 2.64. The normalized spacial score (nSPS) is 12.7. The molecule has 1 aromatic heterocycles. The van der Waals surface area contributed by atoms with Crippen molar-refractivity contribution in [2.45, 2.75) is 4.90 Å². The van der Waals surface area contributed by atoms with E-state index in [0.717, 1.165) is 16.2 Å². The molecule has 1 aliphatic rings. The number of carbonyl (C=O) groups is 1. The van der Waals surface area contributed by atoms with E-state index in [0.29, 0.717) is 45.8 Å². The van der Waals surface area contributed by atoms with Crippen LogP contribution in [0.3, 0.4) is 0 Å². The van der Waals surface area contributed by atoms with Crippen LogP contribution in [-0.4, -0.2) is 30.4 Å². The van der Waals surface area contributed by atoms with Gasteiger partial charge in [0.25, 0.3) is 5.91 Å². The van der Waals surface area contributed by atoms with E-state index >= 15 is 0 Å². The van der Waals surface area contributed by atoms with Gasteiger partial charge in [0.2, 0.25) is 0 Å². The van der Waals surface area contributed by atoms with Crippen LogP contribution >= 0.6 is 23.1 Å². The van der Waals surface area contributed by atoms with Gasteiger partial charge in [0.05, 0.1) is 11.9 Å². The zero-order chi connectivity index (χ0) is 18.8. The molecule has 8 heteroatoms. The fourth-order valence-corrected chi connectivity index (χ4v) is 4.05. The predicted molar refractivity (Wildman–Crippen MR) is 105 cm³/mol. The number of rotatable bonds is 4. The molecule has 2 heterocycles. The van der Waals surface area contributed by atoms with Crippen LogP contribution < -0.4 is 14.8 Å². The highest BCUT2D eigenvalue weighted by Gasteiger charge is 2.19. The largest absolute Gasteiger partial charge is 0.486 e. The Labute approximate surface area is 163 Å². The molecule has 0 saturated heterocycles. The molecule has 0 spiro atoms. The van der Waals surface area contributed by atoms with Crippen LogP contribution in [0, 0.1) is 5.82 Å². The van der Waals surface area contributed by atoms with E-state index in [1.54, 1.807) is 24.3 Å². The van der Waals surface area contributed by atoms with E-state index in [-0.39, 0.29) is 11.7 Å². The number of fused-ring (bicyclic) bond motifs is 1. The number of carbonyl (C=O) groups excluding carboxylic acids is 1. The number of thiazole rings is 1. The van der Waals surface area contributed by atoms with Gasteiger partial charge in [-0.15, -0.1) is 23.1 Å². The number of nitrogens with zero attached hydrogens (tertiary/aromatic N) is 1. The number of hydrogen-bond acceptors (Lipinski definition) is 6. The van der Waals surface area contributed by atoms with Crippen LogP contribution in [0.2, 0.25) is 0 Å². The highest BCUT2D eigenvalue weighted by atomic mass is 32.2. The summed E-state index contributed by atoms with van der Waals surface area (Å²) in [6, 6.07) is 9.98. The monoisotopic (exact) mass is 402 g/mol. The molecule has 2 aromatic carbocycles. The maximum atomic E-state index is 13.9. The number of amides is 1. The Hall–Kier alpha value is -2.58. The molecule has 1 amide bonds.